The van der Waals surface area contributed by atoms with E-state index in [-0.39, 0.29) is 0 Å². The van der Waals surface area contributed by atoms with Gasteiger partial charge in [0.15, 0.2) is 5.82 Å². The van der Waals surface area contributed by atoms with Gasteiger partial charge in [-0.3, -0.25) is 0 Å². The van der Waals surface area contributed by atoms with Crippen LogP contribution in [0.5, 0.6) is 0 Å². The number of benzene rings is 19. The largest absolute Gasteiger partial charge is 0.309 e. The van der Waals surface area contributed by atoms with Crippen LogP contribution in [0.25, 0.3) is 254 Å². The predicted molar refractivity (Wildman–Crippen MR) is 517 cm³/mol. The van der Waals surface area contributed by atoms with Gasteiger partial charge >= 0.3 is 0 Å². The third-order valence-corrected chi connectivity index (χ3v) is 26.5. The summed E-state index contributed by atoms with van der Waals surface area (Å²) in [6.07, 6.45) is 0. The van der Waals surface area contributed by atoms with E-state index in [1.807, 2.05) is 0 Å². The lowest BCUT2D eigenvalue weighted by atomic mass is 9.98. The second kappa shape index (κ2) is 26.4. The number of para-hydroxylation sites is 9. The summed E-state index contributed by atoms with van der Waals surface area (Å²) in [5, 5.41) is 16.8. The first-order chi connectivity index (χ1) is 61.5. The van der Waals surface area contributed by atoms with Gasteiger partial charge in [0.05, 0.1) is 83.3 Å². The van der Waals surface area contributed by atoms with Crippen LogP contribution in [-0.4, -0.2) is 37.4 Å². The van der Waals surface area contributed by atoms with Crippen LogP contribution in [0.15, 0.2) is 425 Å². The molecule has 0 aliphatic heterocycles. The maximum atomic E-state index is 5.95. The molecule has 0 spiro atoms. The van der Waals surface area contributed by atoms with Crippen molar-refractivity contribution in [3.63, 3.8) is 0 Å². The van der Waals surface area contributed by atoms with E-state index in [0.717, 1.165) is 128 Å². The molecule has 0 N–H and O–H groups in total. The van der Waals surface area contributed by atoms with Crippen molar-refractivity contribution in [1.29, 1.82) is 0 Å². The zero-order valence-electron chi connectivity index (χ0n) is 67.0. The highest BCUT2D eigenvalue weighted by atomic mass is 15.0. The quantitative estimate of drug-likeness (QED) is 0.130. The Hall–Kier alpha value is -16.7. The molecule has 1 aliphatic rings. The Labute approximate surface area is 711 Å². The molecule has 0 fully saturated rings. The van der Waals surface area contributed by atoms with Crippen molar-refractivity contribution in [2.45, 2.75) is 0 Å². The fourth-order valence-electron chi connectivity index (χ4n) is 21.1. The standard InChI is InChI=1S/C116H70N8/c1-4-27-79(28-5-1)119-99-43-16-10-35-84(99)93-65-71(49-56-106(93)119)74-52-59-109-96(68-74)87-38-13-19-46-102(87)122(109)82-33-22-25-77(63-82)114-113-91-55-62-105(124-104-48-21-15-40-89(104)98-70-76(54-61-111(98)124)73-51-58-108-95(67-73)86-37-12-18-45-101(86)121(108)81-31-8-3-9-32-81)90-41-24-42-92(112(90)91)115(113)118-116(117-114)78-26-23-34-83(64-78)123-103-47-20-14-39-88(103)97-69-75(53-60-110(97)123)72-50-57-107-94(66-72)85-36-11-17-44-100(85)120(107)80-29-6-2-7-30-80/h1-70H. The summed E-state index contributed by atoms with van der Waals surface area (Å²) in [5.74, 6) is 0.643. The monoisotopic (exact) mass is 1570 g/mol. The molecule has 0 radical (unpaired) electrons. The van der Waals surface area contributed by atoms with E-state index < -0.39 is 0 Å². The third kappa shape index (κ3) is 10.0. The first-order valence-electron chi connectivity index (χ1n) is 42.6. The van der Waals surface area contributed by atoms with Crippen LogP contribution in [-0.2, 0) is 0 Å². The average molecular weight is 1580 g/mol. The SMILES string of the molecule is c1ccc(-n2c3ccccc3c3cc(-c4ccc5c(c4)c4ccccc4n5-c4cccc(-c5nc(-c6cccc(-n7c8ccccc8c8cc(-c9ccc%10c(c9)c9ccccc9n%10-c9ccccc9)ccc87)c6)c6c(n5)-c5cccc7c(-n8c9ccccc9c9cc(-c%10ccc%11c(c%10)c%10ccccc%10n%11-c%10ccccc%10)ccc98)ccc-6c57)c4)ccc32)cc1. The van der Waals surface area contributed by atoms with Crippen molar-refractivity contribution < 1.29 is 0 Å². The average Bonchev–Trinajstić information content (AvgIpc) is 1.54. The molecule has 0 saturated heterocycles. The summed E-state index contributed by atoms with van der Waals surface area (Å²) in [4.78, 5) is 11.8. The molecule has 0 amide bonds. The molecule has 26 aromatic rings. The highest BCUT2D eigenvalue weighted by Gasteiger charge is 2.32. The highest BCUT2D eigenvalue weighted by molar-refractivity contribution is 6.22. The summed E-state index contributed by atoms with van der Waals surface area (Å²) in [6.45, 7) is 0. The Bertz CT molecular complexity index is 9060. The first kappa shape index (κ1) is 68.3. The molecule has 0 saturated carbocycles. The minimum absolute atomic E-state index is 0.643. The van der Waals surface area contributed by atoms with Gasteiger partial charge in [0.25, 0.3) is 0 Å². The molecule has 0 bridgehead atoms. The normalized spacial score (nSPS) is 12.2. The van der Waals surface area contributed by atoms with Gasteiger partial charge in [-0.15, -0.1) is 0 Å². The van der Waals surface area contributed by atoms with Gasteiger partial charge in [0.2, 0.25) is 0 Å². The van der Waals surface area contributed by atoms with E-state index >= 15 is 0 Å². The van der Waals surface area contributed by atoms with Crippen molar-refractivity contribution in [2.75, 3.05) is 0 Å². The van der Waals surface area contributed by atoms with Crippen LogP contribution in [0, 0.1) is 0 Å². The fourth-order valence-corrected chi connectivity index (χ4v) is 21.1. The molecule has 19 aromatic carbocycles. The van der Waals surface area contributed by atoms with E-state index in [1.165, 1.54) is 120 Å². The first-order valence-corrected chi connectivity index (χ1v) is 42.6. The maximum Gasteiger partial charge on any atom is 0.160 e. The van der Waals surface area contributed by atoms with Crippen molar-refractivity contribution in [3.8, 4) is 113 Å². The second-order valence-corrected chi connectivity index (χ2v) is 33.1. The molecule has 0 atom stereocenters. The van der Waals surface area contributed by atoms with Crippen molar-refractivity contribution in [2.24, 2.45) is 0 Å². The van der Waals surface area contributed by atoms with E-state index in [4.69, 9.17) is 9.97 Å². The van der Waals surface area contributed by atoms with Crippen molar-refractivity contribution in [1.82, 2.24) is 37.4 Å². The zero-order chi connectivity index (χ0) is 80.9. The number of hydrogen-bond donors (Lipinski definition) is 0. The smallest absolute Gasteiger partial charge is 0.160 e. The Morgan fingerprint density at radius 3 is 0.798 bits per heavy atom. The van der Waals surface area contributed by atoms with Crippen molar-refractivity contribution in [3.05, 3.63) is 425 Å². The van der Waals surface area contributed by atoms with Crippen LogP contribution < -0.4 is 0 Å². The lowest BCUT2D eigenvalue weighted by Crippen LogP contribution is -2.00. The summed E-state index contributed by atoms with van der Waals surface area (Å²) in [7, 11) is 0. The van der Waals surface area contributed by atoms with E-state index in [2.05, 4.69) is 452 Å². The van der Waals surface area contributed by atoms with Gasteiger partial charge in [-0.05, 0) is 215 Å². The van der Waals surface area contributed by atoms with Gasteiger partial charge in [0, 0.05) is 126 Å². The molecule has 8 nitrogen and oxygen atoms in total. The molecule has 1 aliphatic carbocycles. The maximum absolute atomic E-state index is 5.95. The van der Waals surface area contributed by atoms with Gasteiger partial charge in [0.1, 0.15) is 0 Å². The number of fused-ring (bicyclic) bond motifs is 21. The molecular formula is C116H70N8. The predicted octanol–water partition coefficient (Wildman–Crippen LogP) is 30.2. The minimum Gasteiger partial charge on any atom is -0.309 e. The van der Waals surface area contributed by atoms with Gasteiger partial charge in [-0.2, -0.15) is 0 Å². The van der Waals surface area contributed by atoms with Gasteiger partial charge < -0.3 is 27.4 Å². The highest BCUT2D eigenvalue weighted by Crippen LogP contribution is 2.54. The molecule has 27 rings (SSSR count). The third-order valence-electron chi connectivity index (χ3n) is 26.5. The lowest BCUT2D eigenvalue weighted by molar-refractivity contribution is 1.16. The molecule has 7 heterocycles. The summed E-state index contributed by atoms with van der Waals surface area (Å²) >= 11 is 0. The molecular weight excluding hydrogens is 1510 g/mol. The number of nitrogens with zero attached hydrogens (tertiary/aromatic N) is 8. The molecule has 0 unspecified atom stereocenters. The van der Waals surface area contributed by atoms with Crippen LogP contribution in [0.4, 0.5) is 0 Å². The second-order valence-electron chi connectivity index (χ2n) is 33.1. The van der Waals surface area contributed by atoms with E-state index in [9.17, 15) is 0 Å². The van der Waals surface area contributed by atoms with Crippen LogP contribution in [0.1, 0.15) is 0 Å². The van der Waals surface area contributed by atoms with Crippen LogP contribution in [0.2, 0.25) is 0 Å². The summed E-state index contributed by atoms with van der Waals surface area (Å²) in [5.41, 5.74) is 34.4. The molecule has 574 valence electrons. The Morgan fingerprint density at radius 1 is 0.153 bits per heavy atom. The molecule has 7 aromatic heterocycles. The zero-order valence-corrected chi connectivity index (χ0v) is 67.0. The van der Waals surface area contributed by atoms with E-state index in [1.54, 1.807) is 0 Å². The Balaban J connectivity index is 0.615. The van der Waals surface area contributed by atoms with Gasteiger partial charge in [-0.25, -0.2) is 9.97 Å². The number of hydrogen-bond acceptors (Lipinski definition) is 2. The summed E-state index contributed by atoms with van der Waals surface area (Å²) in [6, 6.07) is 157. The Kier molecular flexibility index (Phi) is 14.5. The van der Waals surface area contributed by atoms with E-state index in [0.29, 0.717) is 5.82 Å². The molecule has 124 heavy (non-hydrogen) atoms. The Morgan fingerprint density at radius 2 is 0.427 bits per heavy atom. The molecule has 8 heteroatoms. The van der Waals surface area contributed by atoms with Crippen LogP contribution >= 0.6 is 0 Å². The lowest BCUT2D eigenvalue weighted by Gasteiger charge is -2.16. The topological polar surface area (TPSA) is 55.4 Å². The van der Waals surface area contributed by atoms with Crippen molar-refractivity contribution >= 4 is 142 Å². The minimum atomic E-state index is 0.643. The summed E-state index contributed by atoms with van der Waals surface area (Å²) < 4.78 is 14.5. The number of rotatable bonds is 11. The van der Waals surface area contributed by atoms with Crippen LogP contribution in [0.3, 0.4) is 0 Å². The fraction of sp³-hybridized carbons (Fsp3) is 0. The van der Waals surface area contributed by atoms with Gasteiger partial charge in [-0.1, -0.05) is 249 Å². The number of aromatic nitrogens is 8.